The first-order valence-corrected chi connectivity index (χ1v) is 8.87. The SMILES string of the molecule is CC1CCCN(C(=O)c2csc(NC(=O)Nc3ccccc3)n2)C1. The molecule has 1 unspecified atom stereocenters. The zero-order valence-corrected chi connectivity index (χ0v) is 14.3. The number of anilines is 2. The Labute approximate surface area is 144 Å². The van der Waals surface area contributed by atoms with Gasteiger partial charge in [0.15, 0.2) is 5.13 Å². The second-order valence-electron chi connectivity index (χ2n) is 5.98. The standard InChI is InChI=1S/C17H20N4O2S/c1-12-6-5-9-21(10-12)15(22)14-11-24-17(19-14)20-16(23)18-13-7-3-2-4-8-13/h2-4,7-8,11-12H,5-6,9-10H2,1H3,(H2,18,19,20,23). The van der Waals surface area contributed by atoms with Crippen molar-refractivity contribution in [2.24, 2.45) is 5.92 Å². The van der Waals surface area contributed by atoms with Gasteiger partial charge in [-0.3, -0.25) is 10.1 Å². The number of piperidine rings is 1. The van der Waals surface area contributed by atoms with Crippen molar-refractivity contribution in [2.75, 3.05) is 23.7 Å². The fraction of sp³-hybridized carbons (Fsp3) is 0.353. The number of rotatable bonds is 3. The Morgan fingerprint density at radius 3 is 2.79 bits per heavy atom. The number of nitrogens with zero attached hydrogens (tertiary/aromatic N) is 2. The molecule has 3 rings (SSSR count). The highest BCUT2D eigenvalue weighted by molar-refractivity contribution is 7.14. The number of hydrogen-bond donors (Lipinski definition) is 2. The predicted octanol–water partition coefficient (Wildman–Crippen LogP) is 3.66. The minimum absolute atomic E-state index is 0.0608. The largest absolute Gasteiger partial charge is 0.337 e. The van der Waals surface area contributed by atoms with Gasteiger partial charge in [-0.25, -0.2) is 9.78 Å². The van der Waals surface area contributed by atoms with Crippen LogP contribution in [0.4, 0.5) is 15.6 Å². The Morgan fingerprint density at radius 1 is 1.25 bits per heavy atom. The monoisotopic (exact) mass is 344 g/mol. The van der Waals surface area contributed by atoms with Gasteiger partial charge < -0.3 is 10.2 Å². The Morgan fingerprint density at radius 2 is 2.04 bits per heavy atom. The van der Waals surface area contributed by atoms with Crippen molar-refractivity contribution in [1.82, 2.24) is 9.88 Å². The minimum Gasteiger partial charge on any atom is -0.337 e. The third-order valence-corrected chi connectivity index (χ3v) is 4.68. The third-order valence-electron chi connectivity index (χ3n) is 3.92. The summed E-state index contributed by atoms with van der Waals surface area (Å²) in [4.78, 5) is 30.5. The van der Waals surface area contributed by atoms with Gasteiger partial charge in [0.25, 0.3) is 5.91 Å². The van der Waals surface area contributed by atoms with Crippen LogP contribution in [0.5, 0.6) is 0 Å². The molecule has 1 atom stereocenters. The number of amides is 3. The van der Waals surface area contributed by atoms with Crippen LogP contribution in [0.2, 0.25) is 0 Å². The molecular formula is C17H20N4O2S. The summed E-state index contributed by atoms with van der Waals surface area (Å²) in [6.45, 7) is 3.70. The van der Waals surface area contributed by atoms with Crippen LogP contribution in [0.3, 0.4) is 0 Å². The van der Waals surface area contributed by atoms with Crippen molar-refractivity contribution in [2.45, 2.75) is 19.8 Å². The van der Waals surface area contributed by atoms with Crippen molar-refractivity contribution >= 4 is 34.1 Å². The van der Waals surface area contributed by atoms with Crippen LogP contribution in [-0.2, 0) is 0 Å². The first kappa shape index (κ1) is 16.4. The molecular weight excluding hydrogens is 324 g/mol. The van der Waals surface area contributed by atoms with Crippen LogP contribution in [0.25, 0.3) is 0 Å². The van der Waals surface area contributed by atoms with E-state index in [1.807, 2.05) is 23.1 Å². The summed E-state index contributed by atoms with van der Waals surface area (Å²) in [7, 11) is 0. The van der Waals surface area contributed by atoms with Gasteiger partial charge in [-0.2, -0.15) is 0 Å². The lowest BCUT2D eigenvalue weighted by atomic mass is 10.0. The van der Waals surface area contributed by atoms with Gasteiger partial charge in [0.1, 0.15) is 5.69 Å². The molecule has 0 bridgehead atoms. The average Bonchev–Trinajstić information content (AvgIpc) is 3.03. The Balaban J connectivity index is 1.59. The first-order chi connectivity index (χ1) is 11.6. The lowest BCUT2D eigenvalue weighted by Crippen LogP contribution is -2.39. The number of benzene rings is 1. The average molecular weight is 344 g/mol. The van der Waals surface area contributed by atoms with Crippen LogP contribution in [0, 0.1) is 5.92 Å². The molecule has 24 heavy (non-hydrogen) atoms. The van der Waals surface area contributed by atoms with Crippen LogP contribution in [0.15, 0.2) is 35.7 Å². The molecule has 1 aromatic heterocycles. The topological polar surface area (TPSA) is 74.3 Å². The number of thiazole rings is 1. The molecule has 2 N–H and O–H groups in total. The number of urea groups is 1. The van der Waals surface area contributed by atoms with Gasteiger partial charge in [-0.15, -0.1) is 11.3 Å². The maximum Gasteiger partial charge on any atom is 0.325 e. The second-order valence-corrected chi connectivity index (χ2v) is 6.84. The lowest BCUT2D eigenvalue weighted by molar-refractivity contribution is 0.0678. The van der Waals surface area contributed by atoms with Crippen molar-refractivity contribution in [3.05, 3.63) is 41.4 Å². The molecule has 2 aromatic rings. The summed E-state index contributed by atoms with van der Waals surface area (Å²) in [6.07, 6.45) is 2.19. The fourth-order valence-corrected chi connectivity index (χ4v) is 3.43. The maximum absolute atomic E-state index is 12.5. The number of hydrogen-bond acceptors (Lipinski definition) is 4. The number of carbonyl (C=O) groups is 2. The first-order valence-electron chi connectivity index (χ1n) is 7.99. The van der Waals surface area contributed by atoms with Gasteiger partial charge in [-0.05, 0) is 30.9 Å². The minimum atomic E-state index is -0.374. The molecule has 1 aliphatic heterocycles. The van der Waals surface area contributed by atoms with Crippen molar-refractivity contribution in [1.29, 1.82) is 0 Å². The number of nitrogens with one attached hydrogen (secondary N) is 2. The molecule has 0 spiro atoms. The number of likely N-dealkylation sites (tertiary alicyclic amines) is 1. The maximum atomic E-state index is 12.5. The molecule has 3 amide bonds. The van der Waals surface area contributed by atoms with Gasteiger partial charge >= 0.3 is 6.03 Å². The van der Waals surface area contributed by atoms with Crippen molar-refractivity contribution in [3.63, 3.8) is 0 Å². The zero-order valence-electron chi connectivity index (χ0n) is 13.5. The van der Waals surface area contributed by atoms with E-state index in [1.54, 1.807) is 17.5 Å². The summed E-state index contributed by atoms with van der Waals surface area (Å²) < 4.78 is 0. The van der Waals surface area contributed by atoms with E-state index in [9.17, 15) is 9.59 Å². The van der Waals surface area contributed by atoms with Crippen molar-refractivity contribution < 1.29 is 9.59 Å². The summed E-state index contributed by atoms with van der Waals surface area (Å²) in [5, 5.41) is 7.49. The molecule has 7 heteroatoms. The van der Waals surface area contributed by atoms with Crippen LogP contribution in [0.1, 0.15) is 30.3 Å². The lowest BCUT2D eigenvalue weighted by Gasteiger charge is -2.30. The summed E-state index contributed by atoms with van der Waals surface area (Å²) in [5.41, 5.74) is 1.09. The van der Waals surface area contributed by atoms with Gasteiger partial charge in [0.2, 0.25) is 0 Å². The molecule has 1 fully saturated rings. The number of para-hydroxylation sites is 1. The van der Waals surface area contributed by atoms with Crippen LogP contribution in [-0.4, -0.2) is 34.9 Å². The molecule has 1 aromatic carbocycles. The molecule has 1 saturated heterocycles. The van der Waals surface area contributed by atoms with E-state index < -0.39 is 0 Å². The van der Waals surface area contributed by atoms with Crippen LogP contribution >= 0.6 is 11.3 Å². The van der Waals surface area contributed by atoms with Crippen molar-refractivity contribution in [3.8, 4) is 0 Å². The molecule has 1 aliphatic rings. The molecule has 0 aliphatic carbocycles. The smallest absolute Gasteiger partial charge is 0.325 e. The van der Waals surface area contributed by atoms with E-state index in [1.165, 1.54) is 11.3 Å². The number of carbonyl (C=O) groups excluding carboxylic acids is 2. The Kier molecular flexibility index (Phi) is 5.10. The van der Waals surface area contributed by atoms with E-state index in [2.05, 4.69) is 22.5 Å². The third kappa shape index (κ3) is 4.11. The fourth-order valence-electron chi connectivity index (χ4n) is 2.75. The van der Waals surface area contributed by atoms with Gasteiger partial charge in [0.05, 0.1) is 0 Å². The molecule has 0 saturated carbocycles. The zero-order chi connectivity index (χ0) is 16.9. The van der Waals surface area contributed by atoms with E-state index in [4.69, 9.17) is 0 Å². The van der Waals surface area contributed by atoms with Gasteiger partial charge in [0, 0.05) is 24.2 Å². The molecule has 6 nitrogen and oxygen atoms in total. The van der Waals surface area contributed by atoms with Gasteiger partial charge in [-0.1, -0.05) is 25.1 Å². The van der Waals surface area contributed by atoms with E-state index in [0.717, 1.165) is 25.9 Å². The Hall–Kier alpha value is -2.41. The quantitative estimate of drug-likeness (QED) is 0.892. The molecule has 126 valence electrons. The second kappa shape index (κ2) is 7.44. The molecule has 2 heterocycles. The Bertz CT molecular complexity index is 716. The highest BCUT2D eigenvalue weighted by Gasteiger charge is 2.24. The van der Waals surface area contributed by atoms with E-state index in [0.29, 0.717) is 22.4 Å². The number of aromatic nitrogens is 1. The van der Waals surface area contributed by atoms with E-state index >= 15 is 0 Å². The van der Waals surface area contributed by atoms with Crippen LogP contribution < -0.4 is 10.6 Å². The summed E-state index contributed by atoms with van der Waals surface area (Å²) >= 11 is 1.25. The molecule has 0 radical (unpaired) electrons. The highest BCUT2D eigenvalue weighted by atomic mass is 32.1. The van der Waals surface area contributed by atoms with E-state index in [-0.39, 0.29) is 11.9 Å². The highest BCUT2D eigenvalue weighted by Crippen LogP contribution is 2.21. The summed E-state index contributed by atoms with van der Waals surface area (Å²) in [6, 6.07) is 8.79. The predicted molar refractivity (Wildman–Crippen MR) is 95.5 cm³/mol. The normalized spacial score (nSPS) is 17.4. The summed E-state index contributed by atoms with van der Waals surface area (Å²) in [5.74, 6) is 0.463.